The highest BCUT2D eigenvalue weighted by Gasteiger charge is 2.23. The molecule has 0 spiro atoms. The zero-order valence-corrected chi connectivity index (χ0v) is 12.8. The van der Waals surface area contributed by atoms with Crippen LogP contribution in [0.25, 0.3) is 9.88 Å². The van der Waals surface area contributed by atoms with E-state index in [-0.39, 0.29) is 5.41 Å². The van der Waals surface area contributed by atoms with Gasteiger partial charge >= 0.3 is 0 Å². The monoisotopic (exact) mass is 282 g/mol. The molecule has 2 aromatic heterocycles. The number of thiazole rings is 1. The zero-order chi connectivity index (χ0) is 13.3. The minimum absolute atomic E-state index is 0.0711. The third kappa shape index (κ3) is 2.70. The fourth-order valence-corrected chi connectivity index (χ4v) is 3.44. The Balaban J connectivity index is 2.48. The number of nitrogens with two attached hydrogens (primary N) is 1. The zero-order valence-electron chi connectivity index (χ0n) is 11.1. The summed E-state index contributed by atoms with van der Waals surface area (Å²) in [5.74, 6) is 0. The molecule has 2 heterocycles. The van der Waals surface area contributed by atoms with Gasteiger partial charge in [0.15, 0.2) is 5.01 Å². The maximum atomic E-state index is 5.66. The molecule has 6 heteroatoms. The standard InChI is InChI=1S/C12H18N4S2/c1-5-6-7-8(9-15-16-11(13)18-9)17-10(14-7)12(2,3)4/h5-6H2,1-4H3,(H2,13,16). The lowest BCUT2D eigenvalue weighted by Crippen LogP contribution is -2.10. The average Bonchev–Trinajstić information content (AvgIpc) is 2.84. The summed E-state index contributed by atoms with van der Waals surface area (Å²) in [6.07, 6.45) is 2.05. The lowest BCUT2D eigenvalue weighted by atomic mass is 9.98. The molecule has 2 aromatic rings. The second kappa shape index (κ2) is 4.93. The molecule has 4 nitrogen and oxygen atoms in total. The van der Waals surface area contributed by atoms with Gasteiger partial charge in [0.05, 0.1) is 15.6 Å². The lowest BCUT2D eigenvalue weighted by Gasteiger charge is -2.13. The van der Waals surface area contributed by atoms with E-state index in [2.05, 4.69) is 37.9 Å². The van der Waals surface area contributed by atoms with Gasteiger partial charge in [-0.25, -0.2) is 4.98 Å². The van der Waals surface area contributed by atoms with Crippen molar-refractivity contribution >= 4 is 27.8 Å². The Morgan fingerprint density at radius 1 is 1.17 bits per heavy atom. The van der Waals surface area contributed by atoms with Crippen LogP contribution in [0.1, 0.15) is 44.8 Å². The van der Waals surface area contributed by atoms with Gasteiger partial charge in [-0.1, -0.05) is 45.5 Å². The molecule has 0 saturated heterocycles. The summed E-state index contributed by atoms with van der Waals surface area (Å²) in [4.78, 5) is 5.91. The van der Waals surface area contributed by atoms with Crippen molar-refractivity contribution in [1.29, 1.82) is 0 Å². The minimum Gasteiger partial charge on any atom is -0.374 e. The third-order valence-corrected chi connectivity index (χ3v) is 4.89. The SMILES string of the molecule is CCCc1nc(C(C)(C)C)sc1-c1nnc(N)s1. The van der Waals surface area contributed by atoms with Gasteiger partial charge in [-0.15, -0.1) is 21.5 Å². The van der Waals surface area contributed by atoms with Crippen LogP contribution in [0.4, 0.5) is 5.13 Å². The number of aromatic nitrogens is 3. The highest BCUT2D eigenvalue weighted by molar-refractivity contribution is 7.23. The van der Waals surface area contributed by atoms with Crippen molar-refractivity contribution in [1.82, 2.24) is 15.2 Å². The van der Waals surface area contributed by atoms with E-state index < -0.39 is 0 Å². The molecule has 0 fully saturated rings. The first-order chi connectivity index (χ1) is 8.41. The van der Waals surface area contributed by atoms with Crippen LogP contribution in [0.2, 0.25) is 0 Å². The maximum absolute atomic E-state index is 5.66. The fourth-order valence-electron chi connectivity index (χ4n) is 1.57. The Morgan fingerprint density at radius 2 is 1.89 bits per heavy atom. The lowest BCUT2D eigenvalue weighted by molar-refractivity contribution is 0.582. The highest BCUT2D eigenvalue weighted by Crippen LogP contribution is 2.37. The summed E-state index contributed by atoms with van der Waals surface area (Å²) in [5.41, 5.74) is 6.86. The van der Waals surface area contributed by atoms with Crippen LogP contribution in [0, 0.1) is 0 Å². The van der Waals surface area contributed by atoms with Gasteiger partial charge < -0.3 is 5.73 Å². The number of nitrogen functional groups attached to an aromatic ring is 1. The van der Waals surface area contributed by atoms with Gasteiger partial charge in [-0.2, -0.15) is 0 Å². The summed E-state index contributed by atoms with van der Waals surface area (Å²) in [6, 6.07) is 0. The molecule has 0 atom stereocenters. The number of anilines is 1. The van der Waals surface area contributed by atoms with E-state index in [1.54, 1.807) is 11.3 Å². The summed E-state index contributed by atoms with van der Waals surface area (Å²) >= 11 is 3.14. The third-order valence-electron chi connectivity index (χ3n) is 2.46. The van der Waals surface area contributed by atoms with Crippen LogP contribution >= 0.6 is 22.7 Å². The van der Waals surface area contributed by atoms with Gasteiger partial charge in [-0.3, -0.25) is 0 Å². The van der Waals surface area contributed by atoms with Crippen molar-refractivity contribution < 1.29 is 0 Å². The fraction of sp³-hybridized carbons (Fsp3) is 0.583. The minimum atomic E-state index is 0.0711. The number of aryl methyl sites for hydroxylation is 1. The van der Waals surface area contributed by atoms with E-state index in [0.29, 0.717) is 5.13 Å². The van der Waals surface area contributed by atoms with Crippen molar-refractivity contribution in [2.24, 2.45) is 0 Å². The second-order valence-corrected chi connectivity index (χ2v) is 7.25. The molecule has 18 heavy (non-hydrogen) atoms. The molecule has 0 saturated carbocycles. The van der Waals surface area contributed by atoms with Crippen LogP contribution < -0.4 is 5.73 Å². The van der Waals surface area contributed by atoms with E-state index in [1.165, 1.54) is 11.3 Å². The maximum Gasteiger partial charge on any atom is 0.203 e. The number of nitrogens with zero attached hydrogens (tertiary/aromatic N) is 3. The Hall–Kier alpha value is -1.01. The Morgan fingerprint density at radius 3 is 2.39 bits per heavy atom. The molecule has 0 unspecified atom stereocenters. The van der Waals surface area contributed by atoms with Gasteiger partial charge in [0.1, 0.15) is 0 Å². The van der Waals surface area contributed by atoms with Crippen molar-refractivity contribution in [2.45, 2.75) is 46.0 Å². The number of hydrogen-bond donors (Lipinski definition) is 1. The topological polar surface area (TPSA) is 64.7 Å². The molecular formula is C12H18N4S2. The molecule has 98 valence electrons. The Kier molecular flexibility index (Phi) is 3.68. The second-order valence-electron chi connectivity index (χ2n) is 5.24. The number of rotatable bonds is 3. The van der Waals surface area contributed by atoms with Gasteiger partial charge in [0.2, 0.25) is 5.13 Å². The molecule has 0 radical (unpaired) electrons. The summed E-state index contributed by atoms with van der Waals surface area (Å²) in [6.45, 7) is 8.70. The van der Waals surface area contributed by atoms with Gasteiger partial charge in [0, 0.05) is 5.41 Å². The quantitative estimate of drug-likeness (QED) is 0.936. The first-order valence-corrected chi connectivity index (χ1v) is 7.64. The largest absolute Gasteiger partial charge is 0.374 e. The van der Waals surface area contributed by atoms with Crippen molar-refractivity contribution in [3.05, 3.63) is 10.7 Å². The Labute approximate surface area is 115 Å². The predicted molar refractivity (Wildman–Crippen MR) is 78.1 cm³/mol. The normalized spacial score (nSPS) is 12.0. The molecule has 0 aliphatic rings. The van der Waals surface area contributed by atoms with Crippen LogP contribution in [0.5, 0.6) is 0 Å². The van der Waals surface area contributed by atoms with Crippen LogP contribution in [-0.2, 0) is 11.8 Å². The van der Waals surface area contributed by atoms with Crippen LogP contribution in [-0.4, -0.2) is 15.2 Å². The number of hydrogen-bond acceptors (Lipinski definition) is 6. The van der Waals surface area contributed by atoms with Crippen molar-refractivity contribution in [3.63, 3.8) is 0 Å². The molecule has 0 amide bonds. The van der Waals surface area contributed by atoms with Crippen molar-refractivity contribution in [3.8, 4) is 9.88 Å². The summed E-state index contributed by atoms with van der Waals surface area (Å²) < 4.78 is 0. The molecule has 0 bridgehead atoms. The predicted octanol–water partition coefficient (Wildman–Crippen LogP) is 3.49. The smallest absolute Gasteiger partial charge is 0.203 e. The molecule has 0 aliphatic carbocycles. The molecule has 2 rings (SSSR count). The summed E-state index contributed by atoms with van der Waals surface area (Å²) in [5, 5.41) is 10.6. The Bertz CT molecular complexity index is 537. The van der Waals surface area contributed by atoms with Gasteiger partial charge in [0.25, 0.3) is 0 Å². The van der Waals surface area contributed by atoms with E-state index in [1.807, 2.05) is 0 Å². The molecule has 0 aromatic carbocycles. The van der Waals surface area contributed by atoms with Crippen LogP contribution in [0.15, 0.2) is 0 Å². The van der Waals surface area contributed by atoms with Gasteiger partial charge in [-0.05, 0) is 6.42 Å². The van der Waals surface area contributed by atoms with E-state index in [4.69, 9.17) is 10.7 Å². The summed E-state index contributed by atoms with van der Waals surface area (Å²) in [7, 11) is 0. The van der Waals surface area contributed by atoms with E-state index in [9.17, 15) is 0 Å². The molecular weight excluding hydrogens is 264 g/mol. The van der Waals surface area contributed by atoms with Crippen molar-refractivity contribution in [2.75, 3.05) is 5.73 Å². The van der Waals surface area contributed by atoms with E-state index in [0.717, 1.165) is 33.4 Å². The van der Waals surface area contributed by atoms with E-state index >= 15 is 0 Å². The molecule has 2 N–H and O–H groups in total. The first kappa shape index (κ1) is 13.4. The average molecular weight is 282 g/mol. The van der Waals surface area contributed by atoms with Crippen LogP contribution in [0.3, 0.4) is 0 Å². The first-order valence-electron chi connectivity index (χ1n) is 6.01. The molecule has 0 aliphatic heterocycles. The highest BCUT2D eigenvalue weighted by atomic mass is 32.1.